The Balaban J connectivity index is 3.03. The van der Waals surface area contributed by atoms with Gasteiger partial charge in [0.15, 0.2) is 9.84 Å². The number of hydrazine groups is 1. The Labute approximate surface area is 101 Å². The van der Waals surface area contributed by atoms with E-state index in [1.807, 2.05) is 0 Å². The molecule has 18 heavy (non-hydrogen) atoms. The smallest absolute Gasteiger partial charge is 0.279 e. The highest BCUT2D eigenvalue weighted by Gasteiger charge is 2.38. The minimum Gasteiger partial charge on any atom is -0.279 e. The summed E-state index contributed by atoms with van der Waals surface area (Å²) in [5.41, 5.74) is 0. The summed E-state index contributed by atoms with van der Waals surface area (Å²) < 4.78 is 58.8. The van der Waals surface area contributed by atoms with E-state index < -0.39 is 21.8 Å². The van der Waals surface area contributed by atoms with Gasteiger partial charge in [-0.2, -0.15) is 13.2 Å². The molecule has 0 aliphatic heterocycles. The molecule has 0 aromatic carbocycles. The van der Waals surface area contributed by atoms with Crippen molar-refractivity contribution in [1.29, 1.82) is 5.41 Å². The molecule has 0 bridgehead atoms. The first-order chi connectivity index (χ1) is 8.03. The zero-order valence-electron chi connectivity index (χ0n) is 9.06. The average Bonchev–Trinajstić information content (AvgIpc) is 2.25. The van der Waals surface area contributed by atoms with E-state index in [1.165, 1.54) is 0 Å². The number of aromatic nitrogens is 1. The quantitative estimate of drug-likeness (QED) is 0.360. The minimum atomic E-state index is -4.91. The number of rotatable bonds is 2. The Bertz CT molecular complexity index is 553. The van der Waals surface area contributed by atoms with Crippen molar-refractivity contribution in [2.24, 2.45) is 5.84 Å². The van der Waals surface area contributed by atoms with Crippen LogP contribution in [0.3, 0.4) is 0 Å². The van der Waals surface area contributed by atoms with Gasteiger partial charge in [0, 0.05) is 12.5 Å². The zero-order valence-corrected chi connectivity index (χ0v) is 9.88. The molecule has 1 rings (SSSR count). The molecule has 1 heterocycles. The van der Waals surface area contributed by atoms with Crippen molar-refractivity contribution < 1.29 is 21.6 Å². The number of sulfone groups is 1. The lowest BCUT2D eigenvalue weighted by Crippen LogP contribution is -2.45. The van der Waals surface area contributed by atoms with Crippen LogP contribution in [-0.4, -0.2) is 31.7 Å². The first-order valence-corrected chi connectivity index (χ1v) is 6.29. The van der Waals surface area contributed by atoms with Gasteiger partial charge in [-0.1, -0.05) is 0 Å². The number of nitrogens with one attached hydrogen (secondary N) is 1. The van der Waals surface area contributed by atoms with E-state index >= 15 is 0 Å². The van der Waals surface area contributed by atoms with Crippen molar-refractivity contribution in [3.63, 3.8) is 0 Å². The SMILES string of the molecule is CS(=O)(=O)c1ccc(N(N)C(=N)C(F)(F)F)nc1. The fraction of sp³-hybridized carbons (Fsp3) is 0.250. The molecule has 0 unspecified atom stereocenters. The molecule has 100 valence electrons. The second kappa shape index (κ2) is 4.53. The standard InChI is InChI=1S/C8H9F3N4O2S/c1-18(16,17)5-2-3-6(14-4-5)15(13)7(12)8(9,10)11/h2-4,12H,13H2,1H3. The van der Waals surface area contributed by atoms with Crippen molar-refractivity contribution in [3.8, 4) is 0 Å². The van der Waals surface area contributed by atoms with Crippen LogP contribution >= 0.6 is 0 Å². The van der Waals surface area contributed by atoms with Crippen molar-refractivity contribution >= 4 is 21.5 Å². The van der Waals surface area contributed by atoms with Crippen LogP contribution in [-0.2, 0) is 9.84 Å². The van der Waals surface area contributed by atoms with Gasteiger partial charge in [-0.3, -0.25) is 5.41 Å². The molecule has 0 spiro atoms. The fourth-order valence-electron chi connectivity index (χ4n) is 0.985. The Morgan fingerprint density at radius 3 is 2.33 bits per heavy atom. The molecule has 0 saturated heterocycles. The van der Waals surface area contributed by atoms with Crippen LogP contribution in [0.15, 0.2) is 23.2 Å². The number of hydrogen-bond acceptors (Lipinski definition) is 5. The normalized spacial score (nSPS) is 12.3. The number of halogens is 3. The number of amidine groups is 1. The van der Waals surface area contributed by atoms with E-state index in [1.54, 1.807) is 0 Å². The highest BCUT2D eigenvalue weighted by Crippen LogP contribution is 2.21. The van der Waals surface area contributed by atoms with Crippen LogP contribution in [0.5, 0.6) is 0 Å². The number of anilines is 1. The lowest BCUT2D eigenvalue weighted by molar-refractivity contribution is -0.0610. The van der Waals surface area contributed by atoms with E-state index in [-0.39, 0.29) is 15.7 Å². The van der Waals surface area contributed by atoms with Crippen LogP contribution in [0.4, 0.5) is 19.0 Å². The zero-order chi connectivity index (χ0) is 14.1. The van der Waals surface area contributed by atoms with Crippen molar-refractivity contribution in [1.82, 2.24) is 4.98 Å². The average molecular weight is 282 g/mol. The van der Waals surface area contributed by atoms with Crippen molar-refractivity contribution in [2.75, 3.05) is 11.3 Å². The topological polar surface area (TPSA) is 100 Å². The van der Waals surface area contributed by atoms with Crippen LogP contribution in [0, 0.1) is 5.41 Å². The molecular weight excluding hydrogens is 273 g/mol. The minimum absolute atomic E-state index is 0.0199. The second-order valence-corrected chi connectivity index (χ2v) is 5.36. The monoisotopic (exact) mass is 282 g/mol. The lowest BCUT2D eigenvalue weighted by Gasteiger charge is -2.19. The van der Waals surface area contributed by atoms with E-state index in [0.717, 1.165) is 24.6 Å². The van der Waals surface area contributed by atoms with Crippen LogP contribution < -0.4 is 10.9 Å². The molecule has 6 nitrogen and oxygen atoms in total. The Hall–Kier alpha value is -1.68. The number of alkyl halides is 3. The number of nitrogens with two attached hydrogens (primary N) is 1. The summed E-state index contributed by atoms with van der Waals surface area (Å²) in [4.78, 5) is 3.31. The van der Waals surface area contributed by atoms with Gasteiger partial charge in [0.25, 0.3) is 0 Å². The Kier molecular flexibility index (Phi) is 3.62. The predicted molar refractivity (Wildman–Crippen MR) is 57.8 cm³/mol. The molecule has 3 N–H and O–H groups in total. The van der Waals surface area contributed by atoms with Gasteiger partial charge < -0.3 is 0 Å². The molecule has 0 aliphatic carbocycles. The third-order valence-corrected chi connectivity index (χ3v) is 3.00. The van der Waals surface area contributed by atoms with E-state index in [0.29, 0.717) is 0 Å². The first kappa shape index (κ1) is 14.4. The summed E-state index contributed by atoms with van der Waals surface area (Å²) in [5, 5.41) is 6.80. The molecule has 10 heteroatoms. The van der Waals surface area contributed by atoms with Gasteiger partial charge in [0.05, 0.1) is 4.90 Å². The van der Waals surface area contributed by atoms with E-state index in [9.17, 15) is 21.6 Å². The maximum absolute atomic E-state index is 12.2. The summed E-state index contributed by atoms with van der Waals surface area (Å²) in [6, 6.07) is 2.04. The van der Waals surface area contributed by atoms with Crippen molar-refractivity contribution in [2.45, 2.75) is 11.1 Å². The van der Waals surface area contributed by atoms with Crippen molar-refractivity contribution in [3.05, 3.63) is 18.3 Å². The summed E-state index contributed by atoms with van der Waals surface area (Å²) in [7, 11) is -3.49. The van der Waals surface area contributed by atoms with Crippen LogP contribution in [0.2, 0.25) is 0 Å². The van der Waals surface area contributed by atoms with Crippen LogP contribution in [0.1, 0.15) is 0 Å². The summed E-state index contributed by atoms with van der Waals surface area (Å²) in [6.07, 6.45) is -3.11. The van der Waals surface area contributed by atoms with Crippen LogP contribution in [0.25, 0.3) is 0 Å². The third-order valence-electron chi connectivity index (χ3n) is 1.91. The number of pyridine rings is 1. The van der Waals surface area contributed by atoms with E-state index in [2.05, 4.69) is 4.98 Å². The molecule has 1 aromatic rings. The van der Waals surface area contributed by atoms with E-state index in [4.69, 9.17) is 11.3 Å². The summed E-state index contributed by atoms with van der Waals surface area (Å²) in [6.45, 7) is 0. The predicted octanol–water partition coefficient (Wildman–Crippen LogP) is 0.705. The summed E-state index contributed by atoms with van der Waals surface area (Å²) in [5.74, 6) is 2.87. The molecule has 0 saturated carbocycles. The van der Waals surface area contributed by atoms with Gasteiger partial charge in [-0.25, -0.2) is 24.3 Å². The number of nitrogens with zero attached hydrogens (tertiary/aromatic N) is 2. The van der Waals surface area contributed by atoms with Gasteiger partial charge in [0.2, 0.25) is 5.84 Å². The van der Waals surface area contributed by atoms with Gasteiger partial charge in [-0.05, 0) is 12.1 Å². The number of hydrogen-bond donors (Lipinski definition) is 2. The maximum Gasteiger partial charge on any atom is 0.450 e. The molecule has 1 aromatic heterocycles. The largest absolute Gasteiger partial charge is 0.450 e. The Morgan fingerprint density at radius 1 is 1.44 bits per heavy atom. The molecule has 0 amide bonds. The van der Waals surface area contributed by atoms with Gasteiger partial charge >= 0.3 is 6.18 Å². The molecule has 0 fully saturated rings. The third kappa shape index (κ3) is 3.17. The molecule has 0 radical (unpaired) electrons. The van der Waals surface area contributed by atoms with Gasteiger partial charge in [0.1, 0.15) is 5.82 Å². The lowest BCUT2D eigenvalue weighted by atomic mass is 10.4. The highest BCUT2D eigenvalue weighted by atomic mass is 32.2. The molecule has 0 aliphatic rings. The molecular formula is C8H9F3N4O2S. The Morgan fingerprint density at radius 2 is 2.00 bits per heavy atom. The fourth-order valence-corrected chi connectivity index (χ4v) is 1.54. The highest BCUT2D eigenvalue weighted by molar-refractivity contribution is 7.90. The second-order valence-electron chi connectivity index (χ2n) is 3.34. The maximum atomic E-state index is 12.2. The van der Waals surface area contributed by atoms with Gasteiger partial charge in [-0.15, -0.1) is 0 Å². The summed E-state index contributed by atoms with van der Waals surface area (Å²) >= 11 is 0. The molecule has 0 atom stereocenters. The first-order valence-electron chi connectivity index (χ1n) is 4.40.